The lowest BCUT2D eigenvalue weighted by Gasteiger charge is -2.24. The van der Waals surface area contributed by atoms with E-state index in [4.69, 9.17) is 5.11 Å². The van der Waals surface area contributed by atoms with E-state index in [2.05, 4.69) is 24.9 Å². The van der Waals surface area contributed by atoms with E-state index in [1.807, 2.05) is 36.7 Å². The predicted molar refractivity (Wildman–Crippen MR) is 121 cm³/mol. The number of carboxylic acid groups (broad SMARTS) is 1. The zero-order valence-electron chi connectivity index (χ0n) is 16.4. The largest absolute Gasteiger partial charge is 0.476 e. The third-order valence-corrected chi connectivity index (χ3v) is 7.03. The average molecular weight is 461 g/mol. The molecule has 2 atom stereocenters. The molecule has 1 aliphatic heterocycles. The Kier molecular flexibility index (Phi) is 6.13. The molecule has 4 N–H and O–H groups in total. The van der Waals surface area contributed by atoms with Crippen molar-refractivity contribution in [3.05, 3.63) is 47.0 Å². The standard InChI is InChI=1S/C19H20N6O4S2/c1-11-6-16(25(7-12(27)8-26)19-21-14(9-30-19)18(28)29)22-23-17(11)24-31-10-20-13-4-2-3-5-15(13)31/h2-6,9-10,12,26-27,31H,7-8H2,1H3,(H,23,24)(H,28,29). The maximum atomic E-state index is 11.2. The number of aryl methyl sites for hydroxylation is 1. The number of carbonyl (C=O) groups is 1. The summed E-state index contributed by atoms with van der Waals surface area (Å²) in [5.41, 5.74) is 3.52. The van der Waals surface area contributed by atoms with Gasteiger partial charge in [-0.2, -0.15) is 0 Å². The van der Waals surface area contributed by atoms with Gasteiger partial charge >= 0.3 is 5.97 Å². The van der Waals surface area contributed by atoms with Crippen LogP contribution < -0.4 is 9.62 Å². The van der Waals surface area contributed by atoms with Crippen molar-refractivity contribution >= 4 is 56.4 Å². The topological polar surface area (TPSA) is 144 Å². The van der Waals surface area contributed by atoms with E-state index in [0.29, 0.717) is 16.8 Å². The van der Waals surface area contributed by atoms with Crippen LogP contribution in [0.1, 0.15) is 16.1 Å². The molecule has 2 aromatic heterocycles. The minimum absolute atomic E-state index is 0.0172. The first-order valence-electron chi connectivity index (χ1n) is 9.25. The van der Waals surface area contributed by atoms with E-state index in [-0.39, 0.29) is 12.2 Å². The first-order valence-corrected chi connectivity index (χ1v) is 11.5. The maximum Gasteiger partial charge on any atom is 0.355 e. The predicted octanol–water partition coefficient (Wildman–Crippen LogP) is 2.49. The SMILES string of the molecule is Cc1cc(N(CC(O)CO)c2nc(C(=O)O)cs2)nnc1N[SH]1C=Nc2ccccc21. The molecule has 0 fully saturated rings. The molecule has 0 saturated heterocycles. The number of nitrogens with zero attached hydrogens (tertiary/aromatic N) is 5. The molecular weight excluding hydrogens is 440 g/mol. The summed E-state index contributed by atoms with van der Waals surface area (Å²) >= 11 is 0.256. The monoisotopic (exact) mass is 460 g/mol. The second-order valence-electron chi connectivity index (χ2n) is 6.72. The van der Waals surface area contributed by atoms with Crippen molar-refractivity contribution in [3.8, 4) is 0 Å². The number of carboxylic acids is 1. The van der Waals surface area contributed by atoms with Gasteiger partial charge in [-0.3, -0.25) is 4.90 Å². The van der Waals surface area contributed by atoms with Crippen LogP contribution >= 0.6 is 22.4 Å². The van der Waals surface area contributed by atoms with Gasteiger partial charge in [-0.25, -0.2) is 14.8 Å². The Morgan fingerprint density at radius 1 is 1.32 bits per heavy atom. The Morgan fingerprint density at radius 2 is 2.13 bits per heavy atom. The van der Waals surface area contributed by atoms with Crippen LogP contribution in [-0.2, 0) is 0 Å². The number of hydrogen-bond donors (Lipinski definition) is 5. The molecule has 4 rings (SSSR count). The lowest BCUT2D eigenvalue weighted by atomic mass is 10.3. The molecule has 162 valence electrons. The van der Waals surface area contributed by atoms with Gasteiger partial charge in [0.1, 0.15) is 0 Å². The highest BCUT2D eigenvalue weighted by molar-refractivity contribution is 8.29. The van der Waals surface area contributed by atoms with E-state index in [9.17, 15) is 15.0 Å². The van der Waals surface area contributed by atoms with Gasteiger partial charge in [0.15, 0.2) is 22.5 Å². The number of fused-ring (bicyclic) bond motifs is 1. The average Bonchev–Trinajstić information content (AvgIpc) is 3.41. The van der Waals surface area contributed by atoms with Crippen molar-refractivity contribution in [2.75, 3.05) is 22.8 Å². The first-order chi connectivity index (χ1) is 15.0. The van der Waals surface area contributed by atoms with Crippen LogP contribution in [-0.4, -0.2) is 61.3 Å². The summed E-state index contributed by atoms with van der Waals surface area (Å²) in [6.45, 7) is 1.40. The number of benzene rings is 1. The molecule has 0 spiro atoms. The fourth-order valence-electron chi connectivity index (χ4n) is 2.90. The Labute approximate surface area is 184 Å². The fourth-order valence-corrected chi connectivity index (χ4v) is 5.33. The number of aromatic carboxylic acids is 1. The normalized spacial score (nSPS) is 16.7. The number of anilines is 3. The summed E-state index contributed by atoms with van der Waals surface area (Å²) in [7, 11) is 0. The zero-order chi connectivity index (χ0) is 22.0. The van der Waals surface area contributed by atoms with Crippen LogP contribution in [0.2, 0.25) is 0 Å². The van der Waals surface area contributed by atoms with Crippen LogP contribution in [0.5, 0.6) is 0 Å². The Balaban J connectivity index is 1.60. The lowest BCUT2D eigenvalue weighted by Crippen LogP contribution is -2.31. The zero-order valence-corrected chi connectivity index (χ0v) is 18.1. The number of aliphatic hydroxyl groups excluding tert-OH is 2. The molecule has 10 nitrogen and oxygen atoms in total. The van der Waals surface area contributed by atoms with E-state index in [0.717, 1.165) is 27.5 Å². The summed E-state index contributed by atoms with van der Waals surface area (Å²) in [6.07, 6.45) is -1.06. The van der Waals surface area contributed by atoms with Crippen LogP contribution in [0, 0.1) is 6.92 Å². The molecule has 3 heterocycles. The second kappa shape index (κ2) is 8.98. The Bertz CT molecular complexity index is 1140. The Morgan fingerprint density at radius 3 is 2.84 bits per heavy atom. The molecule has 0 aliphatic carbocycles. The second-order valence-corrected chi connectivity index (χ2v) is 9.23. The molecule has 1 aromatic carbocycles. The summed E-state index contributed by atoms with van der Waals surface area (Å²) in [6, 6.07) is 9.67. The molecule has 12 heteroatoms. The molecular formula is C19H20N6O4S2. The third kappa shape index (κ3) is 4.51. The molecule has 2 unspecified atom stereocenters. The number of para-hydroxylation sites is 1. The summed E-state index contributed by atoms with van der Waals surface area (Å²) in [4.78, 5) is 22.4. The number of rotatable bonds is 8. The highest BCUT2D eigenvalue weighted by Crippen LogP contribution is 2.45. The van der Waals surface area contributed by atoms with Crippen molar-refractivity contribution in [2.24, 2.45) is 4.99 Å². The van der Waals surface area contributed by atoms with Crippen LogP contribution in [0.3, 0.4) is 0 Å². The highest BCUT2D eigenvalue weighted by Gasteiger charge is 2.22. The quantitative estimate of drug-likeness (QED) is 0.320. The van der Waals surface area contributed by atoms with Crippen molar-refractivity contribution in [1.82, 2.24) is 15.2 Å². The molecule has 3 aromatic rings. The van der Waals surface area contributed by atoms with Crippen molar-refractivity contribution < 1.29 is 20.1 Å². The smallest absolute Gasteiger partial charge is 0.355 e. The molecule has 0 radical (unpaired) electrons. The third-order valence-electron chi connectivity index (χ3n) is 4.47. The van der Waals surface area contributed by atoms with Gasteiger partial charge in [0.2, 0.25) is 0 Å². The van der Waals surface area contributed by atoms with Gasteiger partial charge in [-0.1, -0.05) is 12.1 Å². The molecule has 31 heavy (non-hydrogen) atoms. The van der Waals surface area contributed by atoms with Gasteiger partial charge in [-0.15, -0.1) is 32.6 Å². The molecule has 0 saturated carbocycles. The van der Waals surface area contributed by atoms with Crippen LogP contribution in [0.15, 0.2) is 45.6 Å². The van der Waals surface area contributed by atoms with Crippen LogP contribution in [0.25, 0.3) is 0 Å². The van der Waals surface area contributed by atoms with Gasteiger partial charge in [-0.05, 0) is 30.7 Å². The van der Waals surface area contributed by atoms with Gasteiger partial charge in [0, 0.05) is 10.3 Å². The van der Waals surface area contributed by atoms with E-state index in [1.54, 1.807) is 11.0 Å². The van der Waals surface area contributed by atoms with Gasteiger partial charge in [0.25, 0.3) is 0 Å². The van der Waals surface area contributed by atoms with Crippen molar-refractivity contribution in [3.63, 3.8) is 0 Å². The van der Waals surface area contributed by atoms with Gasteiger partial charge in [0.05, 0.1) is 30.5 Å². The minimum Gasteiger partial charge on any atom is -0.476 e. The Hall–Kier alpha value is -3.06. The number of hydrogen-bond acceptors (Lipinski definition) is 10. The molecule has 1 aliphatic rings. The number of thiol groups is 1. The highest BCUT2D eigenvalue weighted by atomic mass is 32.2. The van der Waals surface area contributed by atoms with Gasteiger partial charge < -0.3 is 20.0 Å². The molecule has 0 amide bonds. The number of aromatic nitrogens is 3. The summed E-state index contributed by atoms with van der Waals surface area (Å²) < 4.78 is 3.39. The fraction of sp³-hybridized carbons (Fsp3) is 0.211. The molecule has 0 bridgehead atoms. The summed E-state index contributed by atoms with van der Waals surface area (Å²) in [5, 5.41) is 38.7. The van der Waals surface area contributed by atoms with Crippen LogP contribution in [0.4, 0.5) is 22.5 Å². The number of aliphatic imine (C=N–C) groups is 1. The number of thiazole rings is 1. The van der Waals surface area contributed by atoms with E-state index < -0.39 is 29.8 Å². The van der Waals surface area contributed by atoms with Crippen molar-refractivity contribution in [1.29, 1.82) is 0 Å². The lowest BCUT2D eigenvalue weighted by molar-refractivity contribution is 0.0691. The van der Waals surface area contributed by atoms with E-state index in [1.165, 1.54) is 5.38 Å². The summed E-state index contributed by atoms with van der Waals surface area (Å²) in [5.74, 6) is -0.158. The maximum absolute atomic E-state index is 11.2. The van der Waals surface area contributed by atoms with Crippen molar-refractivity contribution in [2.45, 2.75) is 17.9 Å². The minimum atomic E-state index is -1.15. The van der Waals surface area contributed by atoms with E-state index >= 15 is 0 Å². The number of nitrogens with one attached hydrogen (secondary N) is 1. The first kappa shape index (κ1) is 21.2. The number of aliphatic hydroxyl groups is 2.